The predicted octanol–water partition coefficient (Wildman–Crippen LogP) is 16.3. The summed E-state index contributed by atoms with van der Waals surface area (Å²) in [7, 11) is 0. The van der Waals surface area contributed by atoms with Crippen molar-refractivity contribution in [1.29, 1.82) is 0 Å². The number of para-hydroxylation sites is 1. The van der Waals surface area contributed by atoms with Crippen molar-refractivity contribution in [3.05, 3.63) is 212 Å². The smallest absolute Gasteiger partial charge is 0.143 e. The molecular weight excluding hydrogens is 719 g/mol. The number of fused-ring (bicyclic) bond motifs is 10. The van der Waals surface area contributed by atoms with Crippen LogP contribution in [0.25, 0.3) is 98.8 Å². The van der Waals surface area contributed by atoms with Crippen molar-refractivity contribution in [2.24, 2.45) is 0 Å². The monoisotopic (exact) mass is 753 g/mol. The molecule has 0 spiro atoms. The van der Waals surface area contributed by atoms with E-state index in [9.17, 15) is 0 Å². The quantitative estimate of drug-likeness (QED) is 0.169. The maximum Gasteiger partial charge on any atom is 0.143 e. The molecule has 0 atom stereocenters. The topological polar surface area (TPSA) is 29.5 Å². The maximum absolute atomic E-state index is 6.42. The van der Waals surface area contributed by atoms with E-state index in [0.717, 1.165) is 99.5 Å². The van der Waals surface area contributed by atoms with E-state index < -0.39 is 0 Å². The Kier molecular flexibility index (Phi) is 7.54. The number of anilines is 3. The van der Waals surface area contributed by atoms with Gasteiger partial charge in [-0.1, -0.05) is 146 Å². The highest BCUT2D eigenvalue weighted by Gasteiger charge is 2.19. The molecule has 12 rings (SSSR count). The molecule has 2 heterocycles. The van der Waals surface area contributed by atoms with Crippen molar-refractivity contribution in [2.75, 3.05) is 4.90 Å². The van der Waals surface area contributed by atoms with E-state index in [1.54, 1.807) is 0 Å². The highest BCUT2D eigenvalue weighted by Crippen LogP contribution is 2.43. The Balaban J connectivity index is 0.940. The van der Waals surface area contributed by atoms with Gasteiger partial charge in [0.2, 0.25) is 0 Å². The molecule has 59 heavy (non-hydrogen) atoms. The Morgan fingerprint density at radius 2 is 0.746 bits per heavy atom. The van der Waals surface area contributed by atoms with Crippen molar-refractivity contribution >= 4 is 82.5 Å². The Morgan fingerprint density at radius 1 is 0.288 bits per heavy atom. The van der Waals surface area contributed by atoms with Gasteiger partial charge in [-0.3, -0.25) is 0 Å². The molecule has 2 aromatic heterocycles. The second-order valence-electron chi connectivity index (χ2n) is 15.3. The third-order valence-electron chi connectivity index (χ3n) is 11.9. The van der Waals surface area contributed by atoms with E-state index in [0.29, 0.717) is 0 Å². The molecule has 0 aliphatic carbocycles. The molecule has 0 radical (unpaired) electrons. The zero-order chi connectivity index (χ0) is 38.9. The minimum atomic E-state index is 0.899. The molecule has 0 aliphatic rings. The lowest BCUT2D eigenvalue weighted by atomic mass is 9.99. The summed E-state index contributed by atoms with van der Waals surface area (Å²) in [6, 6.07) is 75.8. The minimum absolute atomic E-state index is 0.899. The first-order chi connectivity index (χ1) is 29.2. The molecule has 0 fully saturated rings. The van der Waals surface area contributed by atoms with Gasteiger partial charge in [-0.15, -0.1) is 0 Å². The summed E-state index contributed by atoms with van der Waals surface area (Å²) >= 11 is 0. The Morgan fingerprint density at radius 3 is 1.29 bits per heavy atom. The van der Waals surface area contributed by atoms with Crippen LogP contribution in [-0.2, 0) is 0 Å². The van der Waals surface area contributed by atoms with Crippen molar-refractivity contribution in [2.45, 2.75) is 0 Å². The number of hydrogen-bond acceptors (Lipinski definition) is 3. The molecule has 0 aliphatic heterocycles. The van der Waals surface area contributed by atoms with E-state index in [2.05, 4.69) is 217 Å². The normalized spacial score (nSPS) is 11.7. The lowest BCUT2D eigenvalue weighted by Crippen LogP contribution is -2.11. The van der Waals surface area contributed by atoms with Gasteiger partial charge in [-0.25, -0.2) is 0 Å². The molecule has 3 nitrogen and oxygen atoms in total. The molecule has 0 saturated heterocycles. The predicted molar refractivity (Wildman–Crippen MR) is 247 cm³/mol. The fraction of sp³-hybridized carbons (Fsp3) is 0. The van der Waals surface area contributed by atoms with E-state index in [4.69, 9.17) is 8.83 Å². The molecule has 0 bridgehead atoms. The summed E-state index contributed by atoms with van der Waals surface area (Å²) in [6.45, 7) is 0. The Hall–Kier alpha value is -7.88. The summed E-state index contributed by atoms with van der Waals surface area (Å²) < 4.78 is 12.8. The highest BCUT2D eigenvalue weighted by molar-refractivity contribution is 6.16. The minimum Gasteiger partial charge on any atom is -0.455 e. The van der Waals surface area contributed by atoms with Crippen LogP contribution in [0.4, 0.5) is 17.1 Å². The van der Waals surface area contributed by atoms with Gasteiger partial charge in [0.05, 0.1) is 5.69 Å². The van der Waals surface area contributed by atoms with Crippen LogP contribution < -0.4 is 4.90 Å². The molecular formula is C56H35NO2. The van der Waals surface area contributed by atoms with Crippen molar-refractivity contribution in [3.63, 3.8) is 0 Å². The second kappa shape index (κ2) is 13.4. The van der Waals surface area contributed by atoms with Gasteiger partial charge in [-0.05, 0) is 105 Å². The molecule has 0 amide bonds. The van der Waals surface area contributed by atoms with E-state index >= 15 is 0 Å². The van der Waals surface area contributed by atoms with Gasteiger partial charge >= 0.3 is 0 Å². The largest absolute Gasteiger partial charge is 0.455 e. The number of nitrogens with zero attached hydrogens (tertiary/aromatic N) is 1. The zero-order valence-corrected chi connectivity index (χ0v) is 32.0. The second-order valence-corrected chi connectivity index (χ2v) is 15.3. The molecule has 0 unspecified atom stereocenters. The van der Waals surface area contributed by atoms with Crippen LogP contribution in [0.15, 0.2) is 221 Å². The van der Waals surface area contributed by atoms with Gasteiger partial charge in [0.25, 0.3) is 0 Å². The van der Waals surface area contributed by atoms with Gasteiger partial charge < -0.3 is 13.7 Å². The number of benzene rings is 10. The van der Waals surface area contributed by atoms with Gasteiger partial charge in [-0.2, -0.15) is 0 Å². The van der Waals surface area contributed by atoms with Crippen LogP contribution >= 0.6 is 0 Å². The van der Waals surface area contributed by atoms with Crippen molar-refractivity contribution < 1.29 is 8.83 Å². The first kappa shape index (κ1) is 33.3. The van der Waals surface area contributed by atoms with Crippen LogP contribution in [0.5, 0.6) is 0 Å². The zero-order valence-electron chi connectivity index (χ0n) is 32.0. The third kappa shape index (κ3) is 5.51. The molecule has 12 aromatic rings. The third-order valence-corrected chi connectivity index (χ3v) is 11.9. The fourth-order valence-electron chi connectivity index (χ4n) is 8.93. The summed E-state index contributed by atoms with van der Waals surface area (Å²) in [5, 5.41) is 9.16. The van der Waals surface area contributed by atoms with Crippen LogP contribution in [-0.4, -0.2) is 0 Å². The number of rotatable bonds is 6. The summed E-state index contributed by atoms with van der Waals surface area (Å²) in [6.07, 6.45) is 0. The van der Waals surface area contributed by atoms with Crippen LogP contribution in [0.1, 0.15) is 0 Å². The maximum atomic E-state index is 6.42. The standard InChI is InChI=1S/C56H35NO2/c1-2-10-38(11-3-1)45-14-8-9-17-52(45)57(43-26-18-36(19-27-43)41-24-32-53-50(34-41)48-30-22-39-12-4-6-15-46(39)55(48)58-53)44-28-20-37(21-29-44)42-25-33-54-51(35-42)49-31-23-40-13-5-7-16-47(40)56(49)59-54/h1-35H. The summed E-state index contributed by atoms with van der Waals surface area (Å²) in [5.74, 6) is 0. The van der Waals surface area contributed by atoms with Crippen molar-refractivity contribution in [1.82, 2.24) is 0 Å². The molecule has 3 heteroatoms. The van der Waals surface area contributed by atoms with Crippen LogP contribution in [0.3, 0.4) is 0 Å². The lowest BCUT2D eigenvalue weighted by molar-refractivity contribution is 0.672. The highest BCUT2D eigenvalue weighted by atomic mass is 16.3. The molecule has 10 aromatic carbocycles. The van der Waals surface area contributed by atoms with Crippen LogP contribution in [0.2, 0.25) is 0 Å². The number of furan rings is 2. The van der Waals surface area contributed by atoms with Gasteiger partial charge in [0, 0.05) is 49.3 Å². The summed E-state index contributed by atoms with van der Waals surface area (Å²) in [5.41, 5.74) is 13.9. The first-order valence-electron chi connectivity index (χ1n) is 20.1. The van der Waals surface area contributed by atoms with Gasteiger partial charge in [0.15, 0.2) is 0 Å². The average molecular weight is 754 g/mol. The Bertz CT molecular complexity index is 3340. The van der Waals surface area contributed by atoms with Crippen LogP contribution in [0, 0.1) is 0 Å². The molecule has 276 valence electrons. The summed E-state index contributed by atoms with van der Waals surface area (Å²) in [4.78, 5) is 2.37. The first-order valence-corrected chi connectivity index (χ1v) is 20.1. The van der Waals surface area contributed by atoms with Crippen molar-refractivity contribution in [3.8, 4) is 33.4 Å². The van der Waals surface area contributed by atoms with Gasteiger partial charge in [0.1, 0.15) is 22.3 Å². The SMILES string of the molecule is c1ccc(-c2ccccc2N(c2ccc(-c3ccc4oc5c6ccccc6ccc5c4c3)cc2)c2ccc(-c3ccc4oc5c6ccccc6ccc5c4c3)cc2)cc1. The van der Waals surface area contributed by atoms with E-state index in [1.165, 1.54) is 16.3 Å². The average Bonchev–Trinajstić information content (AvgIpc) is 3.88. The van der Waals surface area contributed by atoms with E-state index in [-0.39, 0.29) is 0 Å². The fourth-order valence-corrected chi connectivity index (χ4v) is 8.93. The molecule has 0 saturated carbocycles. The number of hydrogen-bond donors (Lipinski definition) is 0. The van der Waals surface area contributed by atoms with E-state index in [1.807, 2.05) is 0 Å². The Labute approximate surface area is 340 Å². The lowest BCUT2D eigenvalue weighted by Gasteiger charge is -2.28. The molecule has 0 N–H and O–H groups in total.